The van der Waals surface area contributed by atoms with Gasteiger partial charge in [-0.15, -0.1) is 24.9 Å². The molecule has 3 rings (SSSR count). The van der Waals surface area contributed by atoms with Crippen molar-refractivity contribution < 1.29 is 19.5 Å². The van der Waals surface area contributed by atoms with E-state index < -0.39 is 22.6 Å². The Morgan fingerprint density at radius 2 is 1.73 bits per heavy atom. The summed E-state index contributed by atoms with van der Waals surface area (Å²) in [6.45, 7) is 16.7. The zero-order valence-electron chi connectivity index (χ0n) is 23.1. The zero-order chi connectivity index (χ0) is 27.2. The van der Waals surface area contributed by atoms with E-state index in [1.165, 1.54) is 0 Å². The summed E-state index contributed by atoms with van der Waals surface area (Å²) in [6, 6.07) is -0.591. The van der Waals surface area contributed by atoms with Crippen LogP contribution in [0.4, 0.5) is 0 Å². The van der Waals surface area contributed by atoms with Crippen molar-refractivity contribution in [3.8, 4) is 0 Å². The monoisotopic (exact) mass is 533 g/mol. The van der Waals surface area contributed by atoms with Crippen molar-refractivity contribution in [2.24, 2.45) is 17.8 Å². The molecule has 2 bridgehead atoms. The smallest absolute Gasteiger partial charge is 0.247 e. The molecular formula is C29H47N3O4S. The van der Waals surface area contributed by atoms with Crippen molar-refractivity contribution in [2.45, 2.75) is 81.8 Å². The number of carbonyl (C=O) groups is 3. The number of carbonyl (C=O) groups excluding carboxylic acids is 3. The van der Waals surface area contributed by atoms with E-state index >= 15 is 0 Å². The second-order valence-electron chi connectivity index (χ2n) is 10.9. The maximum atomic E-state index is 14.3. The molecule has 0 saturated carbocycles. The number of rotatable bonds is 16. The average Bonchev–Trinajstić information content (AvgIpc) is 3.46. The first kappa shape index (κ1) is 29.8. The van der Waals surface area contributed by atoms with E-state index in [-0.39, 0.29) is 35.5 Å². The van der Waals surface area contributed by atoms with E-state index in [2.05, 4.69) is 27.0 Å². The van der Waals surface area contributed by atoms with E-state index in [0.717, 1.165) is 32.1 Å². The summed E-state index contributed by atoms with van der Waals surface area (Å²) in [7, 11) is 0. The molecule has 0 aliphatic carbocycles. The zero-order valence-corrected chi connectivity index (χ0v) is 23.9. The third-order valence-electron chi connectivity index (χ3n) is 8.42. The first-order valence-corrected chi connectivity index (χ1v) is 15.1. The van der Waals surface area contributed by atoms with Crippen LogP contribution in [0.25, 0.3) is 0 Å². The summed E-state index contributed by atoms with van der Waals surface area (Å²) in [5.74, 6) is -0.796. The number of nitrogens with zero attached hydrogens (tertiary/aromatic N) is 3. The molecule has 7 nitrogen and oxygen atoms in total. The molecule has 0 radical (unpaired) electrons. The maximum Gasteiger partial charge on any atom is 0.247 e. The van der Waals surface area contributed by atoms with Gasteiger partial charge in [0, 0.05) is 44.6 Å². The fourth-order valence-electron chi connectivity index (χ4n) is 6.82. The molecule has 3 heterocycles. The van der Waals surface area contributed by atoms with Gasteiger partial charge in [-0.1, -0.05) is 45.8 Å². The van der Waals surface area contributed by atoms with E-state index in [9.17, 15) is 19.5 Å². The molecule has 208 valence electrons. The number of hydrogen-bond acceptors (Lipinski definition) is 5. The number of amides is 3. The second-order valence-corrected chi connectivity index (χ2v) is 12.4. The quantitative estimate of drug-likeness (QED) is 0.242. The molecule has 0 aromatic heterocycles. The fraction of sp³-hybridized carbons (Fsp3) is 0.759. The molecule has 3 aliphatic rings. The Morgan fingerprint density at radius 1 is 1.05 bits per heavy atom. The van der Waals surface area contributed by atoms with Crippen molar-refractivity contribution in [3.05, 3.63) is 25.3 Å². The van der Waals surface area contributed by atoms with Crippen molar-refractivity contribution in [1.29, 1.82) is 0 Å². The average molecular weight is 534 g/mol. The van der Waals surface area contributed by atoms with Crippen LogP contribution in [0, 0.1) is 17.8 Å². The highest BCUT2D eigenvalue weighted by Gasteiger charge is 2.76. The third-order valence-corrected chi connectivity index (χ3v) is 10.5. The SMILES string of the molecule is C=CCN(CCCCC)C(=O)C1N(CCCCO)C(=O)[C@@H]2[C@@H](C(=O)N(CC=C)CCC)[C@H]3CC(C)C12S3. The number of thioether (sulfide) groups is 1. The van der Waals surface area contributed by atoms with Gasteiger partial charge in [0.2, 0.25) is 17.7 Å². The Labute approximate surface area is 227 Å². The third kappa shape index (κ3) is 5.51. The van der Waals surface area contributed by atoms with Crippen LogP contribution in [0.3, 0.4) is 0 Å². The Kier molecular flexibility index (Phi) is 10.7. The summed E-state index contributed by atoms with van der Waals surface area (Å²) < 4.78 is -0.603. The van der Waals surface area contributed by atoms with Crippen LogP contribution in [0.2, 0.25) is 0 Å². The van der Waals surface area contributed by atoms with Crippen LogP contribution >= 0.6 is 11.8 Å². The number of aliphatic hydroxyl groups is 1. The van der Waals surface area contributed by atoms with Gasteiger partial charge in [0.05, 0.1) is 16.6 Å². The number of hydrogen-bond donors (Lipinski definition) is 1. The number of likely N-dealkylation sites (tertiary alicyclic amines) is 1. The maximum absolute atomic E-state index is 14.3. The minimum atomic E-state index is -0.603. The van der Waals surface area contributed by atoms with Crippen LogP contribution in [-0.2, 0) is 14.4 Å². The second kappa shape index (κ2) is 13.3. The highest BCUT2D eigenvalue weighted by Crippen LogP contribution is 2.68. The molecule has 3 fully saturated rings. The van der Waals surface area contributed by atoms with E-state index in [1.807, 2.05) is 16.7 Å². The summed E-state index contributed by atoms with van der Waals surface area (Å²) in [6.07, 6.45) is 9.42. The summed E-state index contributed by atoms with van der Waals surface area (Å²) >= 11 is 1.74. The molecule has 3 unspecified atom stereocenters. The Bertz CT molecular complexity index is 851. The van der Waals surface area contributed by atoms with Gasteiger partial charge in [0.15, 0.2) is 0 Å². The van der Waals surface area contributed by atoms with Crippen molar-refractivity contribution in [2.75, 3.05) is 39.3 Å². The van der Waals surface area contributed by atoms with Crippen LogP contribution < -0.4 is 0 Å². The minimum Gasteiger partial charge on any atom is -0.396 e. The largest absolute Gasteiger partial charge is 0.396 e. The van der Waals surface area contributed by atoms with Crippen LogP contribution in [0.15, 0.2) is 25.3 Å². The molecule has 6 atom stereocenters. The lowest BCUT2D eigenvalue weighted by atomic mass is 9.65. The first-order chi connectivity index (χ1) is 17.8. The van der Waals surface area contributed by atoms with Crippen molar-refractivity contribution in [1.82, 2.24) is 14.7 Å². The van der Waals surface area contributed by atoms with E-state index in [1.54, 1.807) is 28.8 Å². The van der Waals surface area contributed by atoms with Gasteiger partial charge in [0.1, 0.15) is 6.04 Å². The van der Waals surface area contributed by atoms with Gasteiger partial charge < -0.3 is 19.8 Å². The van der Waals surface area contributed by atoms with Crippen LogP contribution in [0.5, 0.6) is 0 Å². The Hall–Kier alpha value is -1.80. The molecule has 37 heavy (non-hydrogen) atoms. The van der Waals surface area contributed by atoms with Gasteiger partial charge in [-0.25, -0.2) is 0 Å². The van der Waals surface area contributed by atoms with Gasteiger partial charge in [-0.05, 0) is 38.0 Å². The highest BCUT2D eigenvalue weighted by molar-refractivity contribution is 8.02. The highest BCUT2D eigenvalue weighted by atomic mass is 32.2. The van der Waals surface area contributed by atoms with Gasteiger partial charge >= 0.3 is 0 Å². The van der Waals surface area contributed by atoms with Crippen LogP contribution in [0.1, 0.15) is 65.7 Å². The van der Waals surface area contributed by atoms with Gasteiger partial charge in [0.25, 0.3) is 0 Å². The standard InChI is InChI=1S/C29H47N3O4S/c1-6-10-11-17-31(16-9-4)28(36)25-29-21(5)20-22(37-29)23(26(34)30(14-7-2)15-8-3)24(29)27(35)32(25)18-12-13-19-33/h7,9,21-25,33H,2,4,6,8,10-20H2,1,3,5H3/t21?,22-,23+,24+,25?,29?/m1/s1. The molecule has 0 aromatic carbocycles. The lowest BCUT2D eigenvalue weighted by Crippen LogP contribution is -2.57. The summed E-state index contributed by atoms with van der Waals surface area (Å²) in [4.78, 5) is 47.9. The normalized spacial score (nSPS) is 29.9. The lowest BCUT2D eigenvalue weighted by molar-refractivity contribution is -0.144. The molecule has 1 N–H and O–H groups in total. The van der Waals surface area contributed by atoms with Crippen molar-refractivity contribution >= 4 is 29.5 Å². The van der Waals surface area contributed by atoms with Crippen LogP contribution in [-0.4, -0.2) is 92.9 Å². The summed E-state index contributed by atoms with van der Waals surface area (Å²) in [5, 5.41) is 9.44. The molecule has 1 spiro atoms. The number of fused-ring (bicyclic) bond motifs is 1. The van der Waals surface area contributed by atoms with E-state index in [4.69, 9.17) is 0 Å². The first-order valence-electron chi connectivity index (χ1n) is 14.2. The molecule has 3 saturated heterocycles. The summed E-state index contributed by atoms with van der Waals surface area (Å²) in [5.41, 5.74) is 0. The molecule has 0 aromatic rings. The Morgan fingerprint density at radius 3 is 2.32 bits per heavy atom. The lowest BCUT2D eigenvalue weighted by Gasteiger charge is -2.41. The molecular weight excluding hydrogens is 486 g/mol. The molecule has 3 amide bonds. The predicted octanol–water partition coefficient (Wildman–Crippen LogP) is 3.73. The number of unbranched alkanes of at least 4 members (excludes halogenated alkanes) is 3. The van der Waals surface area contributed by atoms with Gasteiger partial charge in [-0.3, -0.25) is 14.4 Å². The predicted molar refractivity (Wildman–Crippen MR) is 150 cm³/mol. The molecule has 3 aliphatic heterocycles. The minimum absolute atomic E-state index is 0.0135. The topological polar surface area (TPSA) is 81.2 Å². The van der Waals surface area contributed by atoms with E-state index in [0.29, 0.717) is 45.6 Å². The Balaban J connectivity index is 2.02. The molecule has 8 heteroatoms. The van der Waals surface area contributed by atoms with Crippen molar-refractivity contribution in [3.63, 3.8) is 0 Å². The van der Waals surface area contributed by atoms with Gasteiger partial charge in [-0.2, -0.15) is 0 Å². The fourth-order valence-corrected chi connectivity index (χ4v) is 9.23. The number of aliphatic hydroxyl groups excluding tert-OH is 1.